The van der Waals surface area contributed by atoms with Gasteiger partial charge in [0.15, 0.2) is 0 Å². The maximum absolute atomic E-state index is 13.1. The lowest BCUT2D eigenvalue weighted by Crippen LogP contribution is -2.64. The molecule has 0 aliphatic carbocycles. The van der Waals surface area contributed by atoms with Gasteiger partial charge in [0.05, 0.1) is 11.1 Å². The Kier molecular flexibility index (Phi) is 4.58. The Morgan fingerprint density at radius 3 is 2.38 bits per heavy atom. The lowest BCUT2D eigenvalue weighted by Gasteiger charge is -2.53. The van der Waals surface area contributed by atoms with E-state index in [1.54, 1.807) is 6.07 Å². The minimum atomic E-state index is -0.927. The summed E-state index contributed by atoms with van der Waals surface area (Å²) in [5.74, 6) is -1.09. The Hall–Kier alpha value is -2.78. The molecule has 168 valence electrons. The number of anilines is 1. The van der Waals surface area contributed by atoms with Crippen LogP contribution in [0.5, 0.6) is 0 Å². The number of benzene rings is 1. The number of amides is 4. The van der Waals surface area contributed by atoms with E-state index in [2.05, 4.69) is 20.4 Å². The van der Waals surface area contributed by atoms with Gasteiger partial charge < -0.3 is 10.2 Å². The fourth-order valence-corrected chi connectivity index (χ4v) is 5.90. The first-order valence-corrected chi connectivity index (χ1v) is 11.6. The first kappa shape index (κ1) is 19.9. The Labute approximate surface area is 186 Å². The number of hydrogen-bond donors (Lipinski definition) is 2. The molecule has 3 atom stereocenters. The topological polar surface area (TPSA) is 102 Å². The van der Waals surface area contributed by atoms with E-state index in [0.717, 1.165) is 55.6 Å². The van der Waals surface area contributed by atoms with E-state index >= 15 is 0 Å². The summed E-state index contributed by atoms with van der Waals surface area (Å²) in [6, 6.07) is 5.47. The van der Waals surface area contributed by atoms with Gasteiger partial charge in [0, 0.05) is 56.9 Å². The average molecular weight is 438 g/mol. The van der Waals surface area contributed by atoms with Crippen molar-refractivity contribution in [3.63, 3.8) is 0 Å². The monoisotopic (exact) mass is 437 g/mol. The summed E-state index contributed by atoms with van der Waals surface area (Å²) in [4.78, 5) is 55.9. The molecule has 7 rings (SSSR count). The number of piperazine rings is 1. The second-order valence-corrected chi connectivity index (χ2v) is 9.69. The predicted octanol–water partition coefficient (Wildman–Crippen LogP) is -0.0398. The number of rotatable bonds is 4. The summed E-state index contributed by atoms with van der Waals surface area (Å²) in [7, 11) is 0. The number of fused-ring (bicyclic) bond motifs is 4. The molecule has 3 unspecified atom stereocenters. The van der Waals surface area contributed by atoms with Crippen LogP contribution >= 0.6 is 0 Å². The number of piperidine rings is 3. The van der Waals surface area contributed by atoms with Crippen LogP contribution in [0.15, 0.2) is 18.2 Å². The zero-order valence-corrected chi connectivity index (χ0v) is 17.9. The van der Waals surface area contributed by atoms with Gasteiger partial charge in [-0.1, -0.05) is 0 Å². The lowest BCUT2D eigenvalue weighted by molar-refractivity contribution is -0.136. The highest BCUT2D eigenvalue weighted by atomic mass is 16.2. The molecule has 1 aromatic rings. The van der Waals surface area contributed by atoms with E-state index in [1.807, 2.05) is 12.1 Å². The van der Waals surface area contributed by atoms with Crippen molar-refractivity contribution < 1.29 is 19.2 Å². The average Bonchev–Trinajstić information content (AvgIpc) is 3.01. The van der Waals surface area contributed by atoms with Crippen molar-refractivity contribution in [2.24, 2.45) is 5.92 Å². The van der Waals surface area contributed by atoms with Gasteiger partial charge in [-0.3, -0.25) is 34.3 Å². The molecule has 5 fully saturated rings. The zero-order chi connectivity index (χ0) is 22.0. The van der Waals surface area contributed by atoms with Crippen LogP contribution in [0.3, 0.4) is 0 Å². The van der Waals surface area contributed by atoms with Crippen LogP contribution in [0, 0.1) is 5.92 Å². The Morgan fingerprint density at radius 2 is 1.69 bits per heavy atom. The number of carbonyl (C=O) groups is 4. The summed E-state index contributed by atoms with van der Waals surface area (Å²) in [6.07, 6.45) is 2.63. The van der Waals surface area contributed by atoms with Gasteiger partial charge in [-0.05, 0) is 43.4 Å². The lowest BCUT2D eigenvalue weighted by atomic mass is 9.88. The number of hydrogen-bond acceptors (Lipinski definition) is 7. The molecule has 6 heterocycles. The van der Waals surface area contributed by atoms with E-state index in [0.29, 0.717) is 23.2 Å². The second kappa shape index (κ2) is 7.38. The summed E-state index contributed by atoms with van der Waals surface area (Å²) in [5.41, 5.74) is 1.66. The zero-order valence-electron chi connectivity index (χ0n) is 17.9. The van der Waals surface area contributed by atoms with Crippen molar-refractivity contribution in [3.05, 3.63) is 29.3 Å². The maximum atomic E-state index is 13.1. The third-order valence-corrected chi connectivity index (χ3v) is 7.76. The molecule has 0 saturated carbocycles. The highest BCUT2D eigenvalue weighted by Gasteiger charge is 2.45. The molecule has 0 spiro atoms. The van der Waals surface area contributed by atoms with Gasteiger partial charge in [-0.25, -0.2) is 0 Å². The number of carbonyl (C=O) groups excluding carboxylic acids is 4. The van der Waals surface area contributed by atoms with Gasteiger partial charge in [-0.15, -0.1) is 0 Å². The SMILES string of the molecule is O=C1CCC(N2C(=O)c3ccc(N4CC5CCC4CN5CC4CNC4)cc3C2=O)C(=O)N1. The third-order valence-electron chi connectivity index (χ3n) is 7.76. The van der Waals surface area contributed by atoms with E-state index in [4.69, 9.17) is 0 Å². The number of nitrogens with zero attached hydrogens (tertiary/aromatic N) is 3. The molecular weight excluding hydrogens is 410 g/mol. The molecule has 32 heavy (non-hydrogen) atoms. The maximum Gasteiger partial charge on any atom is 0.262 e. The summed E-state index contributed by atoms with van der Waals surface area (Å²) in [6.45, 7) is 5.35. The molecule has 9 nitrogen and oxygen atoms in total. The largest absolute Gasteiger partial charge is 0.366 e. The Balaban J connectivity index is 1.22. The fourth-order valence-electron chi connectivity index (χ4n) is 5.90. The Bertz CT molecular complexity index is 1020. The molecule has 9 heteroatoms. The Morgan fingerprint density at radius 1 is 0.906 bits per heavy atom. The number of nitrogens with one attached hydrogen (secondary N) is 2. The molecule has 4 amide bonds. The standard InChI is InChI=1S/C23H27N5O4/c29-20-6-5-19(21(30)25-20)28-22(31)17-4-3-14(7-18(17)23(28)32)27-12-15-1-2-16(27)11-26(15)10-13-8-24-9-13/h3-4,7,13,15-16,19,24H,1-2,5-6,8-12H2,(H,25,29,30). The van der Waals surface area contributed by atoms with Crippen LogP contribution in [0.2, 0.25) is 0 Å². The second-order valence-electron chi connectivity index (χ2n) is 9.69. The van der Waals surface area contributed by atoms with Crippen LogP contribution < -0.4 is 15.5 Å². The van der Waals surface area contributed by atoms with Crippen LogP contribution in [0.1, 0.15) is 46.4 Å². The first-order chi connectivity index (χ1) is 15.5. The first-order valence-electron chi connectivity index (χ1n) is 11.6. The normalized spacial score (nSPS) is 30.6. The molecular formula is C23H27N5O4. The van der Waals surface area contributed by atoms with Crippen LogP contribution in [0.4, 0.5) is 5.69 Å². The molecule has 1 aromatic carbocycles. The smallest absolute Gasteiger partial charge is 0.262 e. The van der Waals surface area contributed by atoms with E-state index in [-0.39, 0.29) is 18.7 Å². The highest BCUT2D eigenvalue weighted by molar-refractivity contribution is 6.23. The highest BCUT2D eigenvalue weighted by Crippen LogP contribution is 2.36. The summed E-state index contributed by atoms with van der Waals surface area (Å²) < 4.78 is 0. The third kappa shape index (κ3) is 3.06. The van der Waals surface area contributed by atoms with E-state index < -0.39 is 23.8 Å². The van der Waals surface area contributed by atoms with Gasteiger partial charge in [0.2, 0.25) is 11.8 Å². The summed E-state index contributed by atoms with van der Waals surface area (Å²) >= 11 is 0. The van der Waals surface area contributed by atoms with E-state index in [9.17, 15) is 19.2 Å². The van der Waals surface area contributed by atoms with Gasteiger partial charge in [-0.2, -0.15) is 0 Å². The van der Waals surface area contributed by atoms with Crippen molar-refractivity contribution >= 4 is 29.3 Å². The molecule has 5 saturated heterocycles. The van der Waals surface area contributed by atoms with Crippen molar-refractivity contribution in [3.8, 4) is 0 Å². The number of imide groups is 2. The molecule has 0 aromatic heterocycles. The van der Waals surface area contributed by atoms with E-state index in [1.165, 1.54) is 6.42 Å². The van der Waals surface area contributed by atoms with Crippen molar-refractivity contribution in [1.82, 2.24) is 20.4 Å². The van der Waals surface area contributed by atoms with Crippen LogP contribution in [-0.2, 0) is 9.59 Å². The van der Waals surface area contributed by atoms with Crippen LogP contribution in [0.25, 0.3) is 0 Å². The predicted molar refractivity (Wildman–Crippen MR) is 115 cm³/mol. The van der Waals surface area contributed by atoms with Crippen molar-refractivity contribution in [1.29, 1.82) is 0 Å². The minimum Gasteiger partial charge on any atom is -0.366 e. The molecule has 2 N–H and O–H groups in total. The van der Waals surface area contributed by atoms with Gasteiger partial charge in [0.1, 0.15) is 6.04 Å². The van der Waals surface area contributed by atoms with Crippen molar-refractivity contribution in [2.75, 3.05) is 37.6 Å². The molecule has 2 bridgehead atoms. The fraction of sp³-hybridized carbons (Fsp3) is 0.565. The van der Waals surface area contributed by atoms with Crippen molar-refractivity contribution in [2.45, 2.75) is 43.8 Å². The van der Waals surface area contributed by atoms with Crippen LogP contribution in [-0.4, -0.2) is 84.3 Å². The summed E-state index contributed by atoms with van der Waals surface area (Å²) in [5, 5.41) is 5.59. The molecule has 0 radical (unpaired) electrons. The molecule has 6 aliphatic heterocycles. The molecule has 6 aliphatic rings. The minimum absolute atomic E-state index is 0.124. The van der Waals surface area contributed by atoms with Gasteiger partial charge >= 0.3 is 0 Å². The van der Waals surface area contributed by atoms with Gasteiger partial charge in [0.25, 0.3) is 11.8 Å². The quantitative estimate of drug-likeness (QED) is 0.638.